The summed E-state index contributed by atoms with van der Waals surface area (Å²) in [6, 6.07) is 8.18. The maximum absolute atomic E-state index is 5.94. The van der Waals surface area contributed by atoms with Gasteiger partial charge in [-0.3, -0.25) is 0 Å². The van der Waals surface area contributed by atoms with Crippen molar-refractivity contribution in [3.63, 3.8) is 0 Å². The van der Waals surface area contributed by atoms with Crippen LogP contribution < -0.4 is 5.32 Å². The average Bonchev–Trinajstić information content (AvgIpc) is 2.68. The summed E-state index contributed by atoms with van der Waals surface area (Å²) in [6.45, 7) is 3.84. The van der Waals surface area contributed by atoms with Gasteiger partial charge in [0.2, 0.25) is 0 Å². The van der Waals surface area contributed by atoms with E-state index in [1.807, 2.05) is 25.2 Å². The molecule has 1 aromatic heterocycles. The molecule has 1 saturated heterocycles. The number of ether oxygens (including phenoxy) is 1. The van der Waals surface area contributed by atoms with Crippen LogP contribution in [0.5, 0.6) is 0 Å². The molecule has 0 aliphatic carbocycles. The molecule has 2 heterocycles. The van der Waals surface area contributed by atoms with Crippen LogP contribution in [0.1, 0.15) is 18.9 Å². The SMILES string of the molecule is CC1CNCC(c2nc3ccccc3n2C)O1. The van der Waals surface area contributed by atoms with E-state index in [4.69, 9.17) is 4.74 Å². The van der Waals surface area contributed by atoms with Crippen LogP contribution in [0.2, 0.25) is 0 Å². The summed E-state index contributed by atoms with van der Waals surface area (Å²) in [4.78, 5) is 4.67. The van der Waals surface area contributed by atoms with Crippen molar-refractivity contribution in [1.29, 1.82) is 0 Å². The predicted molar refractivity (Wildman–Crippen MR) is 66.9 cm³/mol. The Balaban J connectivity index is 2.02. The van der Waals surface area contributed by atoms with Crippen LogP contribution in [-0.4, -0.2) is 28.7 Å². The van der Waals surface area contributed by atoms with Crippen molar-refractivity contribution < 1.29 is 4.74 Å². The highest BCUT2D eigenvalue weighted by molar-refractivity contribution is 5.75. The zero-order valence-electron chi connectivity index (χ0n) is 10.2. The summed E-state index contributed by atoms with van der Waals surface area (Å²) in [5.74, 6) is 1.00. The first-order valence-electron chi connectivity index (χ1n) is 6.03. The number of nitrogens with one attached hydrogen (secondary N) is 1. The quantitative estimate of drug-likeness (QED) is 0.810. The van der Waals surface area contributed by atoms with Crippen LogP contribution >= 0.6 is 0 Å². The van der Waals surface area contributed by atoms with E-state index < -0.39 is 0 Å². The van der Waals surface area contributed by atoms with E-state index in [0.29, 0.717) is 0 Å². The number of fused-ring (bicyclic) bond motifs is 1. The van der Waals surface area contributed by atoms with E-state index in [9.17, 15) is 0 Å². The van der Waals surface area contributed by atoms with Crippen LogP contribution in [0.4, 0.5) is 0 Å². The number of para-hydroxylation sites is 2. The minimum absolute atomic E-state index is 0.0520. The lowest BCUT2D eigenvalue weighted by atomic mass is 10.2. The molecule has 3 rings (SSSR count). The lowest BCUT2D eigenvalue weighted by Crippen LogP contribution is -2.39. The van der Waals surface area contributed by atoms with Gasteiger partial charge in [0.05, 0.1) is 17.1 Å². The third kappa shape index (κ3) is 1.83. The minimum atomic E-state index is 0.0520. The van der Waals surface area contributed by atoms with Gasteiger partial charge in [-0.05, 0) is 19.1 Å². The Labute approximate surface area is 101 Å². The highest BCUT2D eigenvalue weighted by atomic mass is 16.5. The summed E-state index contributed by atoms with van der Waals surface area (Å²) in [7, 11) is 2.05. The van der Waals surface area contributed by atoms with Gasteiger partial charge in [-0.25, -0.2) is 4.98 Å². The van der Waals surface area contributed by atoms with Gasteiger partial charge in [-0.15, -0.1) is 0 Å². The molecule has 1 aromatic carbocycles. The van der Waals surface area contributed by atoms with Crippen LogP contribution in [-0.2, 0) is 11.8 Å². The fraction of sp³-hybridized carbons (Fsp3) is 0.462. The van der Waals surface area contributed by atoms with Gasteiger partial charge in [-0.2, -0.15) is 0 Å². The topological polar surface area (TPSA) is 39.1 Å². The van der Waals surface area contributed by atoms with Gasteiger partial charge in [0.15, 0.2) is 0 Å². The molecule has 0 saturated carbocycles. The van der Waals surface area contributed by atoms with E-state index in [0.717, 1.165) is 29.9 Å². The number of benzene rings is 1. The van der Waals surface area contributed by atoms with E-state index in [-0.39, 0.29) is 12.2 Å². The van der Waals surface area contributed by atoms with Gasteiger partial charge in [0.25, 0.3) is 0 Å². The summed E-state index contributed by atoms with van der Waals surface area (Å²) in [6.07, 6.45) is 0.296. The number of rotatable bonds is 1. The number of nitrogens with zero attached hydrogens (tertiary/aromatic N) is 2. The summed E-state index contributed by atoms with van der Waals surface area (Å²) < 4.78 is 8.06. The van der Waals surface area contributed by atoms with Crippen LogP contribution in [0.15, 0.2) is 24.3 Å². The lowest BCUT2D eigenvalue weighted by Gasteiger charge is -2.28. The zero-order valence-corrected chi connectivity index (χ0v) is 10.2. The Morgan fingerprint density at radius 1 is 1.35 bits per heavy atom. The molecule has 0 bridgehead atoms. The molecular formula is C13H17N3O. The van der Waals surface area contributed by atoms with E-state index in [2.05, 4.69) is 27.9 Å². The first-order chi connectivity index (χ1) is 8.25. The molecule has 4 heteroatoms. The molecule has 2 atom stereocenters. The van der Waals surface area contributed by atoms with Gasteiger partial charge in [0, 0.05) is 20.1 Å². The number of imidazole rings is 1. The Morgan fingerprint density at radius 3 is 2.94 bits per heavy atom. The summed E-state index contributed by atoms with van der Waals surface area (Å²) in [5.41, 5.74) is 2.19. The second-order valence-corrected chi connectivity index (χ2v) is 4.61. The standard InChI is InChI=1S/C13H17N3O/c1-9-7-14-8-12(17-9)13-15-10-5-3-4-6-11(10)16(13)2/h3-6,9,12,14H,7-8H2,1-2H3. The van der Waals surface area contributed by atoms with Gasteiger partial charge in [-0.1, -0.05) is 12.1 Å². The van der Waals surface area contributed by atoms with Crippen molar-refractivity contribution in [3.8, 4) is 0 Å². The van der Waals surface area contributed by atoms with E-state index in [1.165, 1.54) is 0 Å². The van der Waals surface area contributed by atoms with Crippen molar-refractivity contribution >= 4 is 11.0 Å². The highest BCUT2D eigenvalue weighted by Crippen LogP contribution is 2.24. The molecule has 4 nitrogen and oxygen atoms in total. The second kappa shape index (κ2) is 4.13. The number of hydrogen-bond acceptors (Lipinski definition) is 3. The van der Waals surface area contributed by atoms with E-state index >= 15 is 0 Å². The van der Waals surface area contributed by atoms with Crippen molar-refractivity contribution in [2.24, 2.45) is 7.05 Å². The molecule has 1 fully saturated rings. The number of hydrogen-bond donors (Lipinski definition) is 1. The van der Waals surface area contributed by atoms with Gasteiger partial charge in [0.1, 0.15) is 11.9 Å². The molecule has 1 aliphatic heterocycles. The summed E-state index contributed by atoms with van der Waals surface area (Å²) in [5, 5.41) is 3.38. The zero-order chi connectivity index (χ0) is 11.8. The van der Waals surface area contributed by atoms with Gasteiger partial charge >= 0.3 is 0 Å². The van der Waals surface area contributed by atoms with Crippen molar-refractivity contribution in [1.82, 2.24) is 14.9 Å². The fourth-order valence-corrected chi connectivity index (χ4v) is 2.40. The molecule has 17 heavy (non-hydrogen) atoms. The normalized spacial score (nSPS) is 25.3. The third-order valence-corrected chi connectivity index (χ3v) is 3.27. The lowest BCUT2D eigenvalue weighted by molar-refractivity contribution is -0.0341. The average molecular weight is 231 g/mol. The molecule has 0 spiro atoms. The van der Waals surface area contributed by atoms with Crippen molar-refractivity contribution in [3.05, 3.63) is 30.1 Å². The molecule has 2 aromatic rings. The Hall–Kier alpha value is -1.39. The molecular weight excluding hydrogens is 214 g/mol. The molecule has 2 unspecified atom stereocenters. The number of morpholine rings is 1. The van der Waals surface area contributed by atoms with E-state index in [1.54, 1.807) is 0 Å². The van der Waals surface area contributed by atoms with Crippen LogP contribution in [0.3, 0.4) is 0 Å². The highest BCUT2D eigenvalue weighted by Gasteiger charge is 2.24. The van der Waals surface area contributed by atoms with Gasteiger partial charge < -0.3 is 14.6 Å². The monoisotopic (exact) mass is 231 g/mol. The van der Waals surface area contributed by atoms with Crippen molar-refractivity contribution in [2.45, 2.75) is 19.1 Å². The molecule has 0 radical (unpaired) electrons. The minimum Gasteiger partial charge on any atom is -0.365 e. The number of aromatic nitrogens is 2. The van der Waals surface area contributed by atoms with Crippen molar-refractivity contribution in [2.75, 3.05) is 13.1 Å². The van der Waals surface area contributed by atoms with Crippen LogP contribution in [0, 0.1) is 0 Å². The summed E-state index contributed by atoms with van der Waals surface area (Å²) >= 11 is 0. The predicted octanol–water partition coefficient (Wildman–Crippen LogP) is 1.62. The van der Waals surface area contributed by atoms with Crippen LogP contribution in [0.25, 0.3) is 11.0 Å². The Bertz CT molecular complexity index is 534. The first kappa shape index (κ1) is 10.7. The molecule has 1 N–H and O–H groups in total. The Morgan fingerprint density at radius 2 is 2.18 bits per heavy atom. The Kier molecular flexibility index (Phi) is 2.61. The fourth-order valence-electron chi connectivity index (χ4n) is 2.40. The maximum atomic E-state index is 5.94. The smallest absolute Gasteiger partial charge is 0.140 e. The third-order valence-electron chi connectivity index (χ3n) is 3.27. The molecule has 0 amide bonds. The maximum Gasteiger partial charge on any atom is 0.140 e. The second-order valence-electron chi connectivity index (χ2n) is 4.61. The molecule has 1 aliphatic rings. The first-order valence-corrected chi connectivity index (χ1v) is 6.03. The largest absolute Gasteiger partial charge is 0.365 e. The number of aryl methyl sites for hydroxylation is 1. The molecule has 90 valence electrons.